The first-order chi connectivity index (χ1) is 29.6. The summed E-state index contributed by atoms with van der Waals surface area (Å²) in [6.07, 6.45) is -5.15. The lowest BCUT2D eigenvalue weighted by Crippen LogP contribution is -2.59. The van der Waals surface area contributed by atoms with Gasteiger partial charge in [0.2, 0.25) is 0 Å². The van der Waals surface area contributed by atoms with Crippen LogP contribution in [0.5, 0.6) is 0 Å². The number of carbonyl (C=O) groups excluding carboxylic acids is 2. The molecule has 0 spiro atoms. The van der Waals surface area contributed by atoms with Crippen LogP contribution in [0.3, 0.4) is 0 Å². The molecule has 0 radical (unpaired) electrons. The molecule has 5 heterocycles. The summed E-state index contributed by atoms with van der Waals surface area (Å²) >= 11 is 0. The first-order valence-electron chi connectivity index (χ1n) is 23.3. The molecule has 356 valence electrons. The van der Waals surface area contributed by atoms with Crippen molar-refractivity contribution in [3.8, 4) is 0 Å². The predicted octanol–water partition coefficient (Wildman–Crippen LogP) is 4.11. The molecule has 16 nitrogen and oxygen atoms in total. The number of hydrogen-bond acceptors (Lipinski definition) is 16. The van der Waals surface area contributed by atoms with Crippen molar-refractivity contribution in [1.29, 1.82) is 0 Å². The Morgan fingerprint density at radius 1 is 0.581 bits per heavy atom. The van der Waals surface area contributed by atoms with Gasteiger partial charge in [-0.25, -0.2) is 0 Å². The average molecular weight is 885 g/mol. The van der Waals surface area contributed by atoms with E-state index in [1.807, 2.05) is 27.7 Å². The molecule has 7 rings (SSSR count). The van der Waals surface area contributed by atoms with Gasteiger partial charge in [-0.2, -0.15) is 0 Å². The van der Waals surface area contributed by atoms with E-state index in [0.29, 0.717) is 37.5 Å². The molecule has 7 fully saturated rings. The van der Waals surface area contributed by atoms with Crippen LogP contribution in [0.1, 0.15) is 106 Å². The number of aliphatic hydroxyl groups is 2. The Morgan fingerprint density at radius 2 is 0.968 bits per heavy atom. The maximum atomic E-state index is 14.3. The lowest BCUT2D eigenvalue weighted by Gasteiger charge is -2.50. The van der Waals surface area contributed by atoms with E-state index in [1.54, 1.807) is 14.2 Å². The van der Waals surface area contributed by atoms with E-state index < -0.39 is 109 Å². The van der Waals surface area contributed by atoms with Gasteiger partial charge in [-0.15, -0.1) is 0 Å². The minimum Gasteiger partial charge on any atom is -0.462 e. The van der Waals surface area contributed by atoms with Gasteiger partial charge in [-0.3, -0.25) is 9.59 Å². The highest BCUT2D eigenvalue weighted by molar-refractivity contribution is 5.71. The fourth-order valence-electron chi connectivity index (χ4n) is 11.1. The van der Waals surface area contributed by atoms with Crippen molar-refractivity contribution < 1.29 is 76.6 Å². The van der Waals surface area contributed by atoms with Crippen molar-refractivity contribution in [3.63, 3.8) is 0 Å². The molecule has 4 bridgehead atoms. The number of rotatable bonds is 12. The third-order valence-electron chi connectivity index (χ3n) is 15.8. The highest BCUT2D eigenvalue weighted by Gasteiger charge is 2.55. The molecule has 2 aliphatic carbocycles. The third-order valence-corrected chi connectivity index (χ3v) is 15.8. The van der Waals surface area contributed by atoms with Crippen LogP contribution in [0.15, 0.2) is 0 Å². The number of hydrogen-bond donors (Lipinski definition) is 2. The van der Waals surface area contributed by atoms with Crippen molar-refractivity contribution in [2.75, 3.05) is 41.7 Å². The van der Waals surface area contributed by atoms with Crippen LogP contribution in [-0.4, -0.2) is 162 Å². The van der Waals surface area contributed by atoms with Gasteiger partial charge in [0.15, 0.2) is 12.6 Å². The van der Waals surface area contributed by atoms with Crippen LogP contribution < -0.4 is 0 Å². The SMILES string of the molecule is CC[C@@H]1C[C@H]1[C@@H]1C[C@@H]2C[C@H](O[C@@H]3OC[C@@H](OC)[C@H](OC)[C@H]3O)C(C)(C)[C@H](CC(=O)O[C@H]([C@@H]3C[C@H]3CC)C[C@@H]3C[C@H](O[C@@H]4OC[C@@H](OC)[C@H](OC)[C@H]4O)C(C)(C)[C@H](CC(=O)O1)O3)O2. The number of methoxy groups -OCH3 is 4. The van der Waals surface area contributed by atoms with Crippen molar-refractivity contribution >= 4 is 11.9 Å². The second-order valence-corrected chi connectivity index (χ2v) is 20.3. The maximum Gasteiger partial charge on any atom is 0.308 e. The first-order valence-corrected chi connectivity index (χ1v) is 23.3. The largest absolute Gasteiger partial charge is 0.462 e. The van der Waals surface area contributed by atoms with Crippen molar-refractivity contribution in [2.45, 2.75) is 204 Å². The van der Waals surface area contributed by atoms with Crippen molar-refractivity contribution in [2.24, 2.45) is 34.5 Å². The molecular formula is C46H76O16. The Kier molecular flexibility index (Phi) is 15.7. The highest BCUT2D eigenvalue weighted by Crippen LogP contribution is 2.51. The van der Waals surface area contributed by atoms with Crippen LogP contribution in [0.25, 0.3) is 0 Å². The normalized spacial score (nSPS) is 47.2. The molecular weight excluding hydrogens is 808 g/mol. The van der Waals surface area contributed by atoms with Crippen LogP contribution >= 0.6 is 0 Å². The van der Waals surface area contributed by atoms with Gasteiger partial charge in [0.05, 0.1) is 62.7 Å². The molecule has 0 aromatic rings. The zero-order valence-electron chi connectivity index (χ0n) is 38.6. The Balaban J connectivity index is 1.17. The van der Waals surface area contributed by atoms with Gasteiger partial charge in [0.25, 0.3) is 0 Å². The Labute approximate surface area is 367 Å². The van der Waals surface area contributed by atoms with Crippen molar-refractivity contribution in [1.82, 2.24) is 0 Å². The zero-order chi connectivity index (χ0) is 44.7. The molecule has 5 aliphatic heterocycles. The minimum atomic E-state index is -1.12. The van der Waals surface area contributed by atoms with Gasteiger partial charge in [0, 0.05) is 65.0 Å². The Morgan fingerprint density at radius 3 is 1.29 bits per heavy atom. The maximum absolute atomic E-state index is 14.3. The van der Waals surface area contributed by atoms with E-state index >= 15 is 0 Å². The Bertz CT molecular complexity index is 1390. The third kappa shape index (κ3) is 10.4. The molecule has 0 aromatic heterocycles. The minimum absolute atomic E-state index is 0.0255. The molecule has 20 atom stereocenters. The molecule has 2 N–H and O–H groups in total. The molecule has 62 heavy (non-hydrogen) atoms. The number of ether oxygens (including phenoxy) is 12. The summed E-state index contributed by atoms with van der Waals surface area (Å²) in [4.78, 5) is 28.6. The predicted molar refractivity (Wildman–Crippen MR) is 221 cm³/mol. The summed E-state index contributed by atoms with van der Waals surface area (Å²) in [7, 11) is 6.15. The lowest BCUT2D eigenvalue weighted by atomic mass is 9.73. The summed E-state index contributed by atoms with van der Waals surface area (Å²) in [5.74, 6) is 0.398. The van der Waals surface area contributed by atoms with Gasteiger partial charge in [0.1, 0.15) is 48.8 Å². The van der Waals surface area contributed by atoms with E-state index in [2.05, 4.69) is 13.8 Å². The van der Waals surface area contributed by atoms with Gasteiger partial charge in [-0.1, -0.05) is 54.4 Å². The lowest BCUT2D eigenvalue weighted by molar-refractivity contribution is -0.315. The smallest absolute Gasteiger partial charge is 0.308 e. The zero-order valence-corrected chi connectivity index (χ0v) is 38.6. The average Bonchev–Trinajstić information content (AvgIpc) is 4.17. The fourth-order valence-corrected chi connectivity index (χ4v) is 11.1. The summed E-state index contributed by atoms with van der Waals surface area (Å²) in [5.41, 5.74) is -1.45. The summed E-state index contributed by atoms with van der Waals surface area (Å²) < 4.78 is 74.5. The second-order valence-electron chi connectivity index (χ2n) is 20.3. The standard InChI is InChI=1S/C46H76O16/c1-11-23-13-27(23)29-15-25-17-33(61-43-39(49)41(53-9)31(51-7)21-55-43)45(3,4)36(57-25)20-38(48)60-30(28-14-24(28)12-2)16-26-18-34(46(5,6)35(58-26)19-37(47)59-29)62-44-40(50)42(54-10)32(52-8)22-56-44/h23-36,39-44,49-50H,11-22H2,1-10H3/t23-,24-,25-,26-,27-,28-,29+,30+,31-,32-,33+,34+,35+,36+,39-,40-,41+,42+,43+,44+/m1/s1. The molecule has 0 amide bonds. The van der Waals surface area contributed by atoms with Crippen LogP contribution in [-0.2, 0) is 66.4 Å². The van der Waals surface area contributed by atoms with Crippen molar-refractivity contribution in [3.05, 3.63) is 0 Å². The summed E-state index contributed by atoms with van der Waals surface area (Å²) in [5, 5.41) is 22.7. The molecule has 0 unspecified atom stereocenters. The molecule has 16 heteroatoms. The number of fused-ring (bicyclic) bond motifs is 4. The van der Waals surface area contributed by atoms with Gasteiger partial charge < -0.3 is 67.1 Å². The summed E-state index contributed by atoms with van der Waals surface area (Å²) in [6, 6.07) is 0. The molecule has 5 saturated heterocycles. The topological polar surface area (TPSA) is 185 Å². The van der Waals surface area contributed by atoms with Crippen LogP contribution in [0, 0.1) is 34.5 Å². The number of aliphatic hydroxyl groups excluding tert-OH is 2. The van der Waals surface area contributed by atoms with E-state index in [-0.39, 0.29) is 49.8 Å². The summed E-state index contributed by atoms with van der Waals surface area (Å²) in [6.45, 7) is 12.7. The quantitative estimate of drug-likeness (QED) is 0.267. The van der Waals surface area contributed by atoms with Gasteiger partial charge in [-0.05, 0) is 36.5 Å². The number of carbonyl (C=O) groups is 2. The number of cyclic esters (lactones) is 2. The monoisotopic (exact) mass is 885 g/mol. The Hall–Kier alpha value is -1.54. The fraction of sp³-hybridized carbons (Fsp3) is 0.957. The van der Waals surface area contributed by atoms with Crippen LogP contribution in [0.2, 0.25) is 0 Å². The molecule has 2 saturated carbocycles. The van der Waals surface area contributed by atoms with E-state index in [4.69, 9.17) is 56.8 Å². The van der Waals surface area contributed by atoms with E-state index in [0.717, 1.165) is 25.7 Å². The number of esters is 2. The van der Waals surface area contributed by atoms with E-state index in [1.165, 1.54) is 14.2 Å². The van der Waals surface area contributed by atoms with Gasteiger partial charge >= 0.3 is 11.9 Å². The van der Waals surface area contributed by atoms with Crippen LogP contribution in [0.4, 0.5) is 0 Å². The highest BCUT2D eigenvalue weighted by atomic mass is 16.7. The molecule has 0 aromatic carbocycles. The molecule has 7 aliphatic rings. The van der Waals surface area contributed by atoms with E-state index in [9.17, 15) is 19.8 Å². The first kappa shape index (κ1) is 48.4. The second kappa shape index (κ2) is 20.1.